The van der Waals surface area contributed by atoms with Gasteiger partial charge in [-0.2, -0.15) is 0 Å². The first-order valence-corrected chi connectivity index (χ1v) is 11.0. The third-order valence-corrected chi connectivity index (χ3v) is 5.95. The molecule has 7 nitrogen and oxygen atoms in total. The van der Waals surface area contributed by atoms with Gasteiger partial charge in [-0.15, -0.1) is 10.2 Å². The fraction of sp³-hybridized carbons (Fsp3) is 0.348. The molecule has 0 spiro atoms. The third kappa shape index (κ3) is 5.19. The van der Waals surface area contributed by atoms with Gasteiger partial charge in [0.25, 0.3) is 0 Å². The number of carbonyl (C=O) groups is 1. The molecular weight excluding hydrogens is 412 g/mol. The largest absolute Gasteiger partial charge is 0.497 e. The summed E-state index contributed by atoms with van der Waals surface area (Å²) in [6.07, 6.45) is 0. The van der Waals surface area contributed by atoms with Crippen molar-refractivity contribution in [3.8, 4) is 17.2 Å². The first-order valence-electron chi connectivity index (χ1n) is 9.97. The van der Waals surface area contributed by atoms with Crippen LogP contribution >= 0.6 is 11.8 Å². The maximum Gasteiger partial charge on any atom is 0.230 e. The Morgan fingerprint density at radius 3 is 2.58 bits per heavy atom. The van der Waals surface area contributed by atoms with Gasteiger partial charge in [-0.05, 0) is 57.0 Å². The zero-order valence-corrected chi connectivity index (χ0v) is 19.5. The van der Waals surface area contributed by atoms with Crippen molar-refractivity contribution in [1.29, 1.82) is 0 Å². The van der Waals surface area contributed by atoms with Gasteiger partial charge in [0.1, 0.15) is 17.3 Å². The Hall–Kier alpha value is -3.00. The molecule has 0 saturated heterocycles. The van der Waals surface area contributed by atoms with Crippen LogP contribution in [0.1, 0.15) is 35.5 Å². The predicted molar refractivity (Wildman–Crippen MR) is 122 cm³/mol. The highest BCUT2D eigenvalue weighted by atomic mass is 32.2. The molecule has 1 aromatic heterocycles. The summed E-state index contributed by atoms with van der Waals surface area (Å²) in [6.45, 7) is 7.95. The maximum atomic E-state index is 12.6. The quantitative estimate of drug-likeness (QED) is 0.530. The summed E-state index contributed by atoms with van der Waals surface area (Å²) in [6, 6.07) is 11.6. The lowest BCUT2D eigenvalue weighted by molar-refractivity contribution is -0.119. The van der Waals surface area contributed by atoms with Gasteiger partial charge in [-0.1, -0.05) is 23.9 Å². The van der Waals surface area contributed by atoms with Crippen molar-refractivity contribution < 1.29 is 14.3 Å². The number of benzene rings is 2. The Balaban J connectivity index is 1.70. The average molecular weight is 441 g/mol. The first-order chi connectivity index (χ1) is 14.8. The lowest BCUT2D eigenvalue weighted by Gasteiger charge is -2.18. The minimum absolute atomic E-state index is 0.0939. The van der Waals surface area contributed by atoms with Gasteiger partial charge >= 0.3 is 0 Å². The molecule has 0 aliphatic rings. The normalized spacial score (nSPS) is 11.8. The van der Waals surface area contributed by atoms with E-state index in [1.807, 2.05) is 36.6 Å². The zero-order valence-electron chi connectivity index (χ0n) is 18.7. The van der Waals surface area contributed by atoms with E-state index in [-0.39, 0.29) is 17.7 Å². The number of hydrogen-bond donors (Lipinski definition) is 1. The van der Waals surface area contributed by atoms with Gasteiger partial charge in [0.2, 0.25) is 5.91 Å². The minimum Gasteiger partial charge on any atom is -0.497 e. The van der Waals surface area contributed by atoms with Crippen molar-refractivity contribution in [3.63, 3.8) is 0 Å². The molecule has 2 aromatic carbocycles. The van der Waals surface area contributed by atoms with Crippen LogP contribution in [0.4, 0.5) is 0 Å². The van der Waals surface area contributed by atoms with E-state index in [1.165, 1.54) is 11.8 Å². The summed E-state index contributed by atoms with van der Waals surface area (Å²) in [5.74, 6) is 2.30. The number of methoxy groups -OCH3 is 2. The molecule has 3 aromatic rings. The van der Waals surface area contributed by atoms with Crippen molar-refractivity contribution in [3.05, 3.63) is 58.9 Å². The molecule has 0 aliphatic carbocycles. The topological polar surface area (TPSA) is 78.3 Å². The van der Waals surface area contributed by atoms with Gasteiger partial charge in [-0.3, -0.25) is 9.36 Å². The van der Waals surface area contributed by atoms with Crippen LogP contribution in [-0.2, 0) is 4.79 Å². The minimum atomic E-state index is -0.215. The van der Waals surface area contributed by atoms with Gasteiger partial charge in [0.15, 0.2) is 5.16 Å². The molecule has 1 N–H and O–H groups in total. The second kappa shape index (κ2) is 9.87. The summed E-state index contributed by atoms with van der Waals surface area (Å²) in [4.78, 5) is 12.6. The Labute approximate surface area is 187 Å². The molecule has 1 unspecified atom stereocenters. The number of amides is 1. The number of nitrogens with zero attached hydrogens (tertiary/aromatic N) is 3. The molecule has 1 atom stereocenters. The standard InChI is InChI=1S/C23H28N4O3S/c1-14-7-8-15(2)20(11-14)27-17(4)25-26-23(27)31-13-22(28)24-16(3)19-10-9-18(29-5)12-21(19)30-6/h7-12,16H,13H2,1-6H3,(H,24,28). The van der Waals surface area contributed by atoms with Gasteiger partial charge in [0.05, 0.1) is 31.7 Å². The summed E-state index contributed by atoms with van der Waals surface area (Å²) in [7, 11) is 3.21. The van der Waals surface area contributed by atoms with Crippen LogP contribution in [0, 0.1) is 20.8 Å². The van der Waals surface area contributed by atoms with Gasteiger partial charge in [-0.25, -0.2) is 0 Å². The molecule has 0 radical (unpaired) electrons. The molecular formula is C23H28N4O3S. The Bertz CT molecular complexity index is 1080. The smallest absolute Gasteiger partial charge is 0.230 e. The van der Waals surface area contributed by atoms with Crippen LogP contribution in [0.2, 0.25) is 0 Å². The highest BCUT2D eigenvalue weighted by Crippen LogP contribution is 2.30. The van der Waals surface area contributed by atoms with E-state index in [0.717, 1.165) is 28.2 Å². The van der Waals surface area contributed by atoms with Crippen molar-refractivity contribution in [2.24, 2.45) is 0 Å². The summed E-state index contributed by atoms with van der Waals surface area (Å²) < 4.78 is 12.7. The van der Waals surface area contributed by atoms with Crippen LogP contribution in [0.25, 0.3) is 5.69 Å². The number of nitrogens with one attached hydrogen (secondary N) is 1. The van der Waals surface area contributed by atoms with Crippen molar-refractivity contribution in [2.75, 3.05) is 20.0 Å². The molecule has 31 heavy (non-hydrogen) atoms. The number of thioether (sulfide) groups is 1. The maximum absolute atomic E-state index is 12.6. The second-order valence-electron chi connectivity index (χ2n) is 7.34. The fourth-order valence-electron chi connectivity index (χ4n) is 3.34. The van der Waals surface area contributed by atoms with E-state index in [0.29, 0.717) is 16.7 Å². The molecule has 0 bridgehead atoms. The lowest BCUT2D eigenvalue weighted by atomic mass is 10.1. The van der Waals surface area contributed by atoms with Crippen LogP contribution < -0.4 is 14.8 Å². The number of hydrogen-bond acceptors (Lipinski definition) is 6. The molecule has 0 aliphatic heterocycles. The zero-order chi connectivity index (χ0) is 22.5. The molecule has 1 amide bonds. The summed E-state index contributed by atoms with van der Waals surface area (Å²) >= 11 is 1.36. The lowest BCUT2D eigenvalue weighted by Crippen LogP contribution is -2.28. The first kappa shape index (κ1) is 22.7. The van der Waals surface area contributed by atoms with E-state index >= 15 is 0 Å². The fourth-order valence-corrected chi connectivity index (χ4v) is 4.14. The van der Waals surface area contributed by atoms with Crippen molar-refractivity contribution >= 4 is 17.7 Å². The molecule has 164 valence electrons. The molecule has 0 fully saturated rings. The summed E-state index contributed by atoms with van der Waals surface area (Å²) in [5.41, 5.74) is 4.20. The van der Waals surface area contributed by atoms with Crippen LogP contribution in [-0.4, -0.2) is 40.6 Å². The summed E-state index contributed by atoms with van der Waals surface area (Å²) in [5, 5.41) is 12.2. The van der Waals surface area contributed by atoms with Crippen molar-refractivity contribution in [1.82, 2.24) is 20.1 Å². The molecule has 1 heterocycles. The molecule has 3 rings (SSSR count). The molecule has 8 heteroatoms. The Morgan fingerprint density at radius 2 is 1.87 bits per heavy atom. The highest BCUT2D eigenvalue weighted by Gasteiger charge is 2.18. The average Bonchev–Trinajstić information content (AvgIpc) is 3.13. The number of rotatable bonds is 8. The predicted octanol–water partition coefficient (Wildman–Crippen LogP) is 4.18. The highest BCUT2D eigenvalue weighted by molar-refractivity contribution is 7.99. The number of carbonyl (C=O) groups excluding carboxylic acids is 1. The van der Waals surface area contributed by atoms with Crippen LogP contribution in [0.3, 0.4) is 0 Å². The number of aromatic nitrogens is 3. The SMILES string of the molecule is COc1ccc(C(C)NC(=O)CSc2nnc(C)n2-c2cc(C)ccc2C)c(OC)c1. The van der Waals surface area contributed by atoms with E-state index in [4.69, 9.17) is 9.47 Å². The van der Waals surface area contributed by atoms with E-state index in [2.05, 4.69) is 47.6 Å². The number of ether oxygens (including phenoxy) is 2. The second-order valence-corrected chi connectivity index (χ2v) is 8.28. The van der Waals surface area contributed by atoms with Crippen molar-refractivity contribution in [2.45, 2.75) is 38.9 Å². The van der Waals surface area contributed by atoms with Gasteiger partial charge in [0, 0.05) is 11.6 Å². The van der Waals surface area contributed by atoms with Gasteiger partial charge < -0.3 is 14.8 Å². The third-order valence-electron chi connectivity index (χ3n) is 5.02. The van der Waals surface area contributed by atoms with E-state index in [9.17, 15) is 4.79 Å². The van der Waals surface area contributed by atoms with Crippen LogP contribution in [0.15, 0.2) is 41.6 Å². The molecule has 0 saturated carbocycles. The number of aryl methyl sites for hydroxylation is 3. The van der Waals surface area contributed by atoms with E-state index in [1.54, 1.807) is 14.2 Å². The van der Waals surface area contributed by atoms with Crippen LogP contribution in [0.5, 0.6) is 11.5 Å². The Kier molecular flexibility index (Phi) is 7.22. The Morgan fingerprint density at radius 1 is 1.10 bits per heavy atom. The monoisotopic (exact) mass is 440 g/mol. The van der Waals surface area contributed by atoms with E-state index < -0.39 is 0 Å².